The normalized spacial score (nSPS) is 13.0. The Morgan fingerprint density at radius 2 is 1.59 bits per heavy atom. The van der Waals surface area contributed by atoms with E-state index in [1.165, 1.54) is 7.11 Å². The van der Waals surface area contributed by atoms with Gasteiger partial charge in [-0.05, 0) is 35.7 Å². The van der Waals surface area contributed by atoms with Crippen molar-refractivity contribution in [2.45, 2.75) is 32.0 Å². The number of amides is 1. The largest absolute Gasteiger partial charge is 0.467 e. The molecule has 2 aromatic carbocycles. The first-order valence-corrected chi connectivity index (χ1v) is 9.14. The lowest BCUT2D eigenvalue weighted by molar-refractivity contribution is -0.143. The number of carbonyl (C=O) groups is 2. The number of esters is 1. The second-order valence-corrected chi connectivity index (χ2v) is 6.63. The summed E-state index contributed by atoms with van der Waals surface area (Å²) in [5.41, 5.74) is 8.85. The Kier molecular flexibility index (Phi) is 8.23. The minimum absolute atomic E-state index is 0.342. The summed E-state index contributed by atoms with van der Waals surface area (Å²) in [6.07, 6.45) is -2.37. The topological polar surface area (TPSA) is 93.4 Å². The van der Waals surface area contributed by atoms with Crippen molar-refractivity contribution in [1.29, 1.82) is 0 Å². The lowest BCUT2D eigenvalue weighted by Gasteiger charge is -2.19. The van der Waals surface area contributed by atoms with Crippen molar-refractivity contribution < 1.29 is 23.1 Å². The number of alkyl halides is 2. The number of nitrogens with two attached hydrogens (primary N) is 1. The number of rotatable bonds is 9. The molecule has 0 heterocycles. The van der Waals surface area contributed by atoms with Gasteiger partial charge in [0.15, 0.2) is 0 Å². The third kappa shape index (κ3) is 6.62. The Hall–Kier alpha value is -2.84. The first-order chi connectivity index (χ1) is 13.8. The zero-order valence-corrected chi connectivity index (χ0v) is 16.3. The van der Waals surface area contributed by atoms with Crippen LogP contribution in [0.3, 0.4) is 0 Å². The summed E-state index contributed by atoms with van der Waals surface area (Å²) in [5.74, 6) is -1.03. The van der Waals surface area contributed by atoms with Crippen molar-refractivity contribution in [2.24, 2.45) is 5.73 Å². The van der Waals surface area contributed by atoms with Crippen molar-refractivity contribution in [3.63, 3.8) is 0 Å². The molecule has 0 bridgehead atoms. The van der Waals surface area contributed by atoms with Crippen LogP contribution in [0.5, 0.6) is 0 Å². The smallest absolute Gasteiger partial charge is 0.329 e. The van der Waals surface area contributed by atoms with E-state index in [0.29, 0.717) is 12.1 Å². The Balaban J connectivity index is 2.02. The van der Waals surface area contributed by atoms with E-state index in [0.717, 1.165) is 16.7 Å². The molecular formula is C21H25F2N3O3. The van der Waals surface area contributed by atoms with Gasteiger partial charge < -0.3 is 21.1 Å². The van der Waals surface area contributed by atoms with Gasteiger partial charge in [-0.15, -0.1) is 0 Å². The van der Waals surface area contributed by atoms with Crippen LogP contribution >= 0.6 is 0 Å². The van der Waals surface area contributed by atoms with Crippen LogP contribution in [-0.4, -0.2) is 44.0 Å². The molecule has 8 heteroatoms. The first kappa shape index (κ1) is 22.4. The van der Waals surface area contributed by atoms with Crippen molar-refractivity contribution in [2.75, 3.05) is 13.7 Å². The van der Waals surface area contributed by atoms with Gasteiger partial charge in [-0.1, -0.05) is 36.4 Å². The molecule has 0 aromatic heterocycles. The van der Waals surface area contributed by atoms with Gasteiger partial charge in [0.05, 0.1) is 13.7 Å². The van der Waals surface area contributed by atoms with E-state index in [9.17, 15) is 18.4 Å². The van der Waals surface area contributed by atoms with Gasteiger partial charge in [-0.25, -0.2) is 13.6 Å². The molecule has 2 rings (SSSR count). The van der Waals surface area contributed by atoms with Gasteiger partial charge in [0, 0.05) is 18.2 Å². The van der Waals surface area contributed by atoms with Gasteiger partial charge >= 0.3 is 5.97 Å². The maximum atomic E-state index is 12.4. The highest BCUT2D eigenvalue weighted by Gasteiger charge is 2.25. The summed E-state index contributed by atoms with van der Waals surface area (Å²) in [4.78, 5) is 24.1. The van der Waals surface area contributed by atoms with E-state index in [1.54, 1.807) is 31.2 Å². The van der Waals surface area contributed by atoms with E-state index >= 15 is 0 Å². The molecule has 0 spiro atoms. The Bertz CT molecular complexity index is 809. The predicted octanol–water partition coefficient (Wildman–Crippen LogP) is 2.33. The number of hydrogen-bond donors (Lipinski definition) is 3. The lowest BCUT2D eigenvalue weighted by atomic mass is 10.0. The average Bonchev–Trinajstić information content (AvgIpc) is 2.71. The lowest BCUT2D eigenvalue weighted by Crippen LogP contribution is -2.51. The fraction of sp³-hybridized carbons (Fsp3) is 0.333. The zero-order valence-electron chi connectivity index (χ0n) is 16.3. The van der Waals surface area contributed by atoms with Crippen LogP contribution in [0.2, 0.25) is 0 Å². The van der Waals surface area contributed by atoms with Crippen LogP contribution < -0.4 is 16.4 Å². The summed E-state index contributed by atoms with van der Waals surface area (Å²) >= 11 is 0. The second kappa shape index (κ2) is 10.6. The van der Waals surface area contributed by atoms with Crippen molar-refractivity contribution in [3.05, 3.63) is 59.7 Å². The third-order valence-corrected chi connectivity index (χ3v) is 4.33. The minimum Gasteiger partial charge on any atom is -0.467 e. The SMILES string of the molecule is COC(=O)[C@@H](NC(=O)c1ccc(-c2ccc(CNCC(F)F)cc2)cc1)[C@@H](C)N. The number of ether oxygens (including phenoxy) is 1. The van der Waals surface area contributed by atoms with Crippen LogP contribution in [0.15, 0.2) is 48.5 Å². The van der Waals surface area contributed by atoms with Gasteiger partial charge in [-0.2, -0.15) is 0 Å². The highest BCUT2D eigenvalue weighted by atomic mass is 19.3. The standard InChI is InChI=1S/C21H25F2N3O3/c1-13(24)19(21(28)29-2)26-20(27)17-9-7-16(8-10-17)15-5-3-14(4-6-15)11-25-12-18(22)23/h3-10,13,18-19,25H,11-12,24H2,1-2H3,(H,26,27)/t13-,19+/m1/s1. The van der Waals surface area contributed by atoms with Gasteiger partial charge in [-0.3, -0.25) is 4.79 Å². The second-order valence-electron chi connectivity index (χ2n) is 6.63. The molecular weight excluding hydrogens is 380 g/mol. The Morgan fingerprint density at radius 3 is 2.07 bits per heavy atom. The minimum atomic E-state index is -2.37. The quantitative estimate of drug-likeness (QED) is 0.557. The van der Waals surface area contributed by atoms with Crippen molar-refractivity contribution in [1.82, 2.24) is 10.6 Å². The summed E-state index contributed by atoms with van der Waals surface area (Å²) in [6, 6.07) is 12.8. The van der Waals surface area contributed by atoms with Crippen LogP contribution in [0.1, 0.15) is 22.8 Å². The zero-order chi connectivity index (χ0) is 21.4. The van der Waals surface area contributed by atoms with E-state index in [2.05, 4.69) is 15.4 Å². The number of hydrogen-bond acceptors (Lipinski definition) is 5. The van der Waals surface area contributed by atoms with Crippen LogP contribution in [0.25, 0.3) is 11.1 Å². The Morgan fingerprint density at radius 1 is 1.03 bits per heavy atom. The molecule has 0 saturated carbocycles. The van der Waals surface area contributed by atoms with Crippen molar-refractivity contribution in [3.8, 4) is 11.1 Å². The molecule has 0 aliphatic rings. The monoisotopic (exact) mass is 405 g/mol. The molecule has 0 fully saturated rings. The third-order valence-electron chi connectivity index (χ3n) is 4.33. The van der Waals surface area contributed by atoms with Crippen LogP contribution in [0, 0.1) is 0 Å². The predicted molar refractivity (Wildman–Crippen MR) is 107 cm³/mol. The molecule has 156 valence electrons. The summed E-state index contributed by atoms with van der Waals surface area (Å²) in [5, 5.41) is 5.26. The van der Waals surface area contributed by atoms with E-state index in [1.807, 2.05) is 24.3 Å². The molecule has 0 aliphatic heterocycles. The molecule has 6 nitrogen and oxygen atoms in total. The summed E-state index contributed by atoms with van der Waals surface area (Å²) in [7, 11) is 1.23. The molecule has 2 aromatic rings. The summed E-state index contributed by atoms with van der Waals surface area (Å²) in [6.45, 7) is 1.63. The number of carbonyl (C=O) groups excluding carboxylic acids is 2. The molecule has 1 amide bonds. The average molecular weight is 405 g/mol. The fourth-order valence-corrected chi connectivity index (χ4v) is 2.71. The highest BCUT2D eigenvalue weighted by Crippen LogP contribution is 2.20. The highest BCUT2D eigenvalue weighted by molar-refractivity contribution is 5.97. The van der Waals surface area contributed by atoms with Gasteiger partial charge in [0.2, 0.25) is 0 Å². The molecule has 0 radical (unpaired) electrons. The molecule has 29 heavy (non-hydrogen) atoms. The molecule has 0 aliphatic carbocycles. The molecule has 2 atom stereocenters. The number of halogens is 2. The summed E-state index contributed by atoms with van der Waals surface area (Å²) < 4.78 is 29.0. The number of benzene rings is 2. The van der Waals surface area contributed by atoms with E-state index < -0.39 is 30.4 Å². The van der Waals surface area contributed by atoms with Crippen molar-refractivity contribution >= 4 is 11.9 Å². The maximum Gasteiger partial charge on any atom is 0.329 e. The maximum absolute atomic E-state index is 12.4. The van der Waals surface area contributed by atoms with Gasteiger partial charge in [0.25, 0.3) is 12.3 Å². The molecule has 0 saturated heterocycles. The van der Waals surface area contributed by atoms with E-state index in [-0.39, 0.29) is 6.54 Å². The molecule has 0 unspecified atom stereocenters. The number of methoxy groups -OCH3 is 1. The number of nitrogens with one attached hydrogen (secondary N) is 2. The van der Waals surface area contributed by atoms with Crippen LogP contribution in [0.4, 0.5) is 8.78 Å². The Labute approximate surface area is 168 Å². The van der Waals surface area contributed by atoms with Gasteiger partial charge in [0.1, 0.15) is 6.04 Å². The first-order valence-electron chi connectivity index (χ1n) is 9.14. The molecule has 4 N–H and O–H groups in total. The van der Waals surface area contributed by atoms with E-state index in [4.69, 9.17) is 5.73 Å². The van der Waals surface area contributed by atoms with Crippen LogP contribution in [-0.2, 0) is 16.1 Å². The fourth-order valence-electron chi connectivity index (χ4n) is 2.71.